The Hall–Kier alpha value is -1.86. The third-order valence-electron chi connectivity index (χ3n) is 4.98. The van der Waals surface area contributed by atoms with Crippen LogP contribution in [-0.2, 0) is 15.3 Å². The molecule has 0 saturated heterocycles. The Labute approximate surface area is 174 Å². The van der Waals surface area contributed by atoms with Gasteiger partial charge >= 0.3 is 5.97 Å². The van der Waals surface area contributed by atoms with E-state index in [4.69, 9.17) is 4.74 Å². The summed E-state index contributed by atoms with van der Waals surface area (Å²) in [6.07, 6.45) is 4.49. The van der Waals surface area contributed by atoms with Crippen LogP contribution in [0.1, 0.15) is 54.2 Å². The van der Waals surface area contributed by atoms with Crippen LogP contribution in [0.25, 0.3) is 0 Å². The third kappa shape index (κ3) is 5.82. The van der Waals surface area contributed by atoms with Crippen LogP contribution in [0, 0.1) is 12.8 Å². The Morgan fingerprint density at radius 2 is 2.07 bits per heavy atom. The van der Waals surface area contributed by atoms with E-state index >= 15 is 0 Å². The van der Waals surface area contributed by atoms with Gasteiger partial charge in [0.15, 0.2) is 6.61 Å². The van der Waals surface area contributed by atoms with Crippen molar-refractivity contribution in [3.05, 3.63) is 46.5 Å². The van der Waals surface area contributed by atoms with E-state index in [0.29, 0.717) is 17.2 Å². The molecule has 0 aliphatic heterocycles. The van der Waals surface area contributed by atoms with Crippen molar-refractivity contribution in [1.29, 1.82) is 0 Å². The maximum absolute atomic E-state index is 12.5. The minimum atomic E-state index is -0.460. The Morgan fingerprint density at radius 1 is 1.29 bits per heavy atom. The molecule has 1 heterocycles. The SMILES string of the molecule is Cc1csc(SCc2ccccc2C(=O)OCC(=O)NC2CCCCC2C)n1. The van der Waals surface area contributed by atoms with Crippen molar-refractivity contribution in [2.45, 2.75) is 55.7 Å². The van der Waals surface area contributed by atoms with E-state index in [9.17, 15) is 9.59 Å². The number of hydrogen-bond acceptors (Lipinski definition) is 6. The number of carbonyl (C=O) groups is 2. The number of esters is 1. The van der Waals surface area contributed by atoms with Gasteiger partial charge in [-0.1, -0.05) is 49.7 Å². The molecular formula is C21H26N2O3S2. The summed E-state index contributed by atoms with van der Waals surface area (Å²) in [4.78, 5) is 29.1. The number of amides is 1. The average molecular weight is 419 g/mol. The van der Waals surface area contributed by atoms with E-state index < -0.39 is 5.97 Å². The molecule has 1 aliphatic carbocycles. The van der Waals surface area contributed by atoms with Crippen LogP contribution in [0.2, 0.25) is 0 Å². The Balaban J connectivity index is 1.53. The molecule has 28 heavy (non-hydrogen) atoms. The monoisotopic (exact) mass is 418 g/mol. The van der Waals surface area contributed by atoms with Gasteiger partial charge in [-0.3, -0.25) is 4.79 Å². The number of ether oxygens (including phenoxy) is 1. The van der Waals surface area contributed by atoms with Crippen LogP contribution in [0.5, 0.6) is 0 Å². The van der Waals surface area contributed by atoms with Crippen molar-refractivity contribution in [3.63, 3.8) is 0 Å². The lowest BCUT2D eigenvalue weighted by atomic mass is 9.86. The molecule has 0 bridgehead atoms. The number of carbonyl (C=O) groups excluding carboxylic acids is 2. The fourth-order valence-corrected chi connectivity index (χ4v) is 5.22. The van der Waals surface area contributed by atoms with Crippen molar-refractivity contribution in [3.8, 4) is 0 Å². The van der Waals surface area contributed by atoms with E-state index in [1.807, 2.05) is 30.5 Å². The van der Waals surface area contributed by atoms with Gasteiger partial charge in [-0.05, 0) is 37.3 Å². The lowest BCUT2D eigenvalue weighted by Gasteiger charge is -2.29. The van der Waals surface area contributed by atoms with Crippen molar-refractivity contribution in [2.24, 2.45) is 5.92 Å². The van der Waals surface area contributed by atoms with E-state index in [-0.39, 0.29) is 18.6 Å². The quantitative estimate of drug-likeness (QED) is 0.526. The normalized spacial score (nSPS) is 19.2. The molecular weight excluding hydrogens is 392 g/mol. The van der Waals surface area contributed by atoms with Crippen LogP contribution < -0.4 is 5.32 Å². The predicted octanol–water partition coefficient (Wildman–Crippen LogP) is 4.60. The zero-order valence-electron chi connectivity index (χ0n) is 16.3. The first-order valence-corrected chi connectivity index (χ1v) is 11.5. The van der Waals surface area contributed by atoms with Gasteiger partial charge in [0.05, 0.1) is 5.56 Å². The number of hydrogen-bond donors (Lipinski definition) is 1. The van der Waals surface area contributed by atoms with Crippen LogP contribution in [0.4, 0.5) is 0 Å². The second kappa shape index (κ2) is 10.1. The minimum absolute atomic E-state index is 0.186. The summed E-state index contributed by atoms with van der Waals surface area (Å²) in [5.74, 6) is 0.417. The Bertz CT molecular complexity index is 821. The number of thioether (sulfide) groups is 1. The lowest BCUT2D eigenvalue weighted by molar-refractivity contribution is -0.125. The first-order chi connectivity index (χ1) is 13.5. The average Bonchev–Trinajstić information content (AvgIpc) is 3.12. The molecule has 1 aromatic heterocycles. The molecule has 1 aromatic carbocycles. The number of nitrogens with one attached hydrogen (secondary N) is 1. The standard InChI is InChI=1S/C21H26N2O3S2/c1-14-7-3-6-10-18(14)23-19(24)11-26-20(25)17-9-5-4-8-16(17)13-28-21-22-15(2)12-27-21/h4-5,8-9,12,14,18H,3,6-7,10-11,13H2,1-2H3,(H,23,24). The summed E-state index contributed by atoms with van der Waals surface area (Å²) in [7, 11) is 0. The van der Waals surface area contributed by atoms with Gasteiger partial charge in [-0.2, -0.15) is 0 Å². The molecule has 1 fully saturated rings. The molecule has 1 N–H and O–H groups in total. The van der Waals surface area contributed by atoms with E-state index in [0.717, 1.165) is 34.9 Å². The maximum Gasteiger partial charge on any atom is 0.338 e. The van der Waals surface area contributed by atoms with Gasteiger partial charge in [0.1, 0.15) is 4.34 Å². The molecule has 7 heteroatoms. The van der Waals surface area contributed by atoms with Crippen molar-refractivity contribution in [2.75, 3.05) is 6.61 Å². The van der Waals surface area contributed by atoms with E-state index in [1.165, 1.54) is 6.42 Å². The Kier molecular flexibility index (Phi) is 7.50. The fourth-order valence-electron chi connectivity index (χ4n) is 3.37. The van der Waals surface area contributed by atoms with Gasteiger partial charge in [0.25, 0.3) is 5.91 Å². The van der Waals surface area contributed by atoms with Gasteiger partial charge < -0.3 is 10.1 Å². The van der Waals surface area contributed by atoms with E-state index in [1.54, 1.807) is 29.2 Å². The first kappa shape index (κ1) is 20.9. The zero-order valence-corrected chi connectivity index (χ0v) is 17.9. The molecule has 3 rings (SSSR count). The molecule has 2 aromatic rings. The summed E-state index contributed by atoms with van der Waals surface area (Å²) in [5.41, 5.74) is 2.38. The highest BCUT2D eigenvalue weighted by molar-refractivity contribution is 8.00. The van der Waals surface area contributed by atoms with Gasteiger partial charge in [-0.15, -0.1) is 11.3 Å². The van der Waals surface area contributed by atoms with Gasteiger partial charge in [0.2, 0.25) is 0 Å². The second-order valence-electron chi connectivity index (χ2n) is 7.21. The third-order valence-corrected chi connectivity index (χ3v) is 7.17. The largest absolute Gasteiger partial charge is 0.452 e. The molecule has 1 saturated carbocycles. The van der Waals surface area contributed by atoms with Crippen molar-refractivity contribution < 1.29 is 14.3 Å². The zero-order chi connectivity index (χ0) is 19.9. The van der Waals surface area contributed by atoms with Crippen LogP contribution in [-0.4, -0.2) is 29.5 Å². The summed E-state index contributed by atoms with van der Waals surface area (Å²) >= 11 is 3.19. The van der Waals surface area contributed by atoms with Gasteiger partial charge in [0, 0.05) is 22.9 Å². The van der Waals surface area contributed by atoms with Crippen LogP contribution in [0.3, 0.4) is 0 Å². The molecule has 150 valence electrons. The summed E-state index contributed by atoms with van der Waals surface area (Å²) in [6, 6.07) is 7.55. The number of benzene rings is 1. The maximum atomic E-state index is 12.5. The van der Waals surface area contributed by atoms with E-state index in [2.05, 4.69) is 17.2 Å². The van der Waals surface area contributed by atoms with Crippen molar-refractivity contribution >= 4 is 35.0 Å². The highest BCUT2D eigenvalue weighted by atomic mass is 32.2. The number of thiazole rings is 1. The number of aryl methyl sites for hydroxylation is 1. The minimum Gasteiger partial charge on any atom is -0.452 e. The van der Waals surface area contributed by atoms with Gasteiger partial charge in [-0.25, -0.2) is 9.78 Å². The first-order valence-electron chi connectivity index (χ1n) is 9.62. The fraction of sp³-hybridized carbons (Fsp3) is 0.476. The smallest absolute Gasteiger partial charge is 0.338 e. The molecule has 2 unspecified atom stereocenters. The summed E-state index contributed by atoms with van der Waals surface area (Å²) in [5, 5.41) is 5.02. The highest BCUT2D eigenvalue weighted by Gasteiger charge is 2.23. The lowest BCUT2D eigenvalue weighted by Crippen LogP contribution is -2.42. The second-order valence-corrected chi connectivity index (χ2v) is 9.29. The number of aromatic nitrogens is 1. The number of nitrogens with zero attached hydrogens (tertiary/aromatic N) is 1. The topological polar surface area (TPSA) is 68.3 Å². The molecule has 0 radical (unpaired) electrons. The predicted molar refractivity (Wildman–Crippen MR) is 113 cm³/mol. The van der Waals surface area contributed by atoms with Crippen LogP contribution >= 0.6 is 23.1 Å². The molecule has 1 aliphatic rings. The molecule has 1 amide bonds. The highest BCUT2D eigenvalue weighted by Crippen LogP contribution is 2.27. The molecule has 0 spiro atoms. The van der Waals surface area contributed by atoms with Crippen LogP contribution in [0.15, 0.2) is 34.0 Å². The number of rotatable bonds is 7. The van der Waals surface area contributed by atoms with Crippen molar-refractivity contribution in [1.82, 2.24) is 10.3 Å². The molecule has 2 atom stereocenters. The Morgan fingerprint density at radius 3 is 2.82 bits per heavy atom. The summed E-state index contributed by atoms with van der Waals surface area (Å²) < 4.78 is 6.26. The molecule has 5 nitrogen and oxygen atoms in total. The summed E-state index contributed by atoms with van der Waals surface area (Å²) in [6.45, 7) is 3.88.